The van der Waals surface area contributed by atoms with Crippen LogP contribution in [0.4, 0.5) is 14.5 Å². The van der Waals surface area contributed by atoms with Gasteiger partial charge in [0, 0.05) is 12.2 Å². The third kappa shape index (κ3) is 4.38. The predicted octanol–water partition coefficient (Wildman–Crippen LogP) is 2.45. The van der Waals surface area contributed by atoms with E-state index in [1.54, 1.807) is 13.8 Å². The van der Waals surface area contributed by atoms with E-state index in [9.17, 15) is 22.0 Å². The molecule has 21 heavy (non-hydrogen) atoms. The van der Waals surface area contributed by atoms with E-state index < -0.39 is 32.4 Å². The molecule has 0 aromatic heterocycles. The second-order valence-corrected chi connectivity index (χ2v) is 6.82. The maximum Gasteiger partial charge on any atom is 0.341 e. The maximum atomic E-state index is 12.4. The molecule has 1 atom stereocenters. The first kappa shape index (κ1) is 17.4. The Bertz CT molecular complexity index is 585. The highest BCUT2D eigenvalue weighted by molar-refractivity contribution is 7.91. The normalized spacial score (nSPS) is 13.4. The van der Waals surface area contributed by atoms with Crippen molar-refractivity contribution in [2.24, 2.45) is 11.8 Å². The second-order valence-electron chi connectivity index (χ2n) is 4.90. The number of halogens is 2. The zero-order valence-corrected chi connectivity index (χ0v) is 12.4. The van der Waals surface area contributed by atoms with Gasteiger partial charge in [0.25, 0.3) is 0 Å². The van der Waals surface area contributed by atoms with Crippen molar-refractivity contribution < 1.29 is 27.1 Å². The largest absolute Gasteiger partial charge is 0.481 e. The Kier molecular flexibility index (Phi) is 5.65. The first-order valence-corrected chi connectivity index (χ1v) is 7.79. The Morgan fingerprint density at radius 1 is 1.24 bits per heavy atom. The van der Waals surface area contributed by atoms with Crippen LogP contribution in [0.2, 0.25) is 0 Å². The molecule has 0 radical (unpaired) electrons. The van der Waals surface area contributed by atoms with Crippen molar-refractivity contribution in [3.63, 3.8) is 0 Å². The zero-order chi connectivity index (χ0) is 16.2. The topological polar surface area (TPSA) is 83.5 Å². The molecule has 2 N–H and O–H groups in total. The van der Waals surface area contributed by atoms with E-state index in [1.807, 2.05) is 0 Å². The molecule has 0 aliphatic rings. The minimum atomic E-state index is -4.61. The van der Waals surface area contributed by atoms with Crippen LogP contribution >= 0.6 is 0 Å². The van der Waals surface area contributed by atoms with E-state index >= 15 is 0 Å². The number of nitrogens with one attached hydrogen (secondary N) is 1. The Morgan fingerprint density at radius 3 is 2.14 bits per heavy atom. The molecule has 0 spiro atoms. The van der Waals surface area contributed by atoms with E-state index in [-0.39, 0.29) is 12.5 Å². The van der Waals surface area contributed by atoms with E-state index in [0.717, 1.165) is 12.1 Å². The number of alkyl halides is 2. The van der Waals surface area contributed by atoms with Crippen molar-refractivity contribution in [3.8, 4) is 0 Å². The van der Waals surface area contributed by atoms with Gasteiger partial charge in [-0.15, -0.1) is 0 Å². The van der Waals surface area contributed by atoms with Gasteiger partial charge in [-0.2, -0.15) is 8.78 Å². The highest BCUT2D eigenvalue weighted by atomic mass is 32.2. The first-order chi connectivity index (χ1) is 9.66. The summed E-state index contributed by atoms with van der Waals surface area (Å²) in [6.07, 6.45) is 0. The fourth-order valence-electron chi connectivity index (χ4n) is 1.70. The fraction of sp³-hybridized carbons (Fsp3) is 0.462. The monoisotopic (exact) mass is 321 g/mol. The molecule has 0 aliphatic carbocycles. The van der Waals surface area contributed by atoms with Crippen LogP contribution in [0.15, 0.2) is 29.2 Å². The van der Waals surface area contributed by atoms with Gasteiger partial charge in [-0.25, -0.2) is 8.42 Å². The summed E-state index contributed by atoms with van der Waals surface area (Å²) in [5, 5.41) is 11.9. The van der Waals surface area contributed by atoms with Gasteiger partial charge in [0.05, 0.1) is 10.8 Å². The van der Waals surface area contributed by atoms with E-state index in [4.69, 9.17) is 5.11 Å². The van der Waals surface area contributed by atoms with Crippen LogP contribution in [0.3, 0.4) is 0 Å². The molecule has 118 valence electrons. The number of carboxylic acid groups (broad SMARTS) is 1. The summed E-state index contributed by atoms with van der Waals surface area (Å²) < 4.78 is 47.2. The zero-order valence-electron chi connectivity index (χ0n) is 11.6. The lowest BCUT2D eigenvalue weighted by atomic mass is 9.96. The summed E-state index contributed by atoms with van der Waals surface area (Å²) in [4.78, 5) is 10.5. The van der Waals surface area contributed by atoms with Crippen molar-refractivity contribution in [1.82, 2.24) is 0 Å². The number of hydrogen-bond donors (Lipinski definition) is 2. The highest BCUT2D eigenvalue weighted by Gasteiger charge is 2.26. The summed E-state index contributed by atoms with van der Waals surface area (Å²) in [6.45, 7) is 3.71. The Labute approximate surface area is 121 Å². The lowest BCUT2D eigenvalue weighted by Gasteiger charge is -2.17. The molecular weight excluding hydrogens is 304 g/mol. The van der Waals surface area contributed by atoms with Crippen molar-refractivity contribution in [2.75, 3.05) is 11.9 Å². The van der Waals surface area contributed by atoms with Crippen molar-refractivity contribution >= 4 is 21.5 Å². The van der Waals surface area contributed by atoms with Gasteiger partial charge >= 0.3 is 11.7 Å². The van der Waals surface area contributed by atoms with Gasteiger partial charge in [-0.05, 0) is 30.2 Å². The van der Waals surface area contributed by atoms with Gasteiger partial charge in [0.2, 0.25) is 9.84 Å². The Balaban J connectivity index is 2.78. The van der Waals surface area contributed by atoms with Crippen LogP contribution in [-0.2, 0) is 14.6 Å². The molecule has 0 saturated heterocycles. The number of anilines is 1. The molecule has 0 heterocycles. The van der Waals surface area contributed by atoms with Gasteiger partial charge in [-0.1, -0.05) is 13.8 Å². The van der Waals surface area contributed by atoms with Crippen LogP contribution in [0.25, 0.3) is 0 Å². The average Bonchev–Trinajstić information content (AvgIpc) is 2.38. The van der Waals surface area contributed by atoms with Crippen LogP contribution in [0.1, 0.15) is 13.8 Å². The molecule has 1 unspecified atom stereocenters. The standard InChI is InChI=1S/C13H17F2NO4S/c1-8(2)11(12(17)18)7-16-9-3-5-10(6-4-9)21(19,20)13(14)15/h3-6,8,11,13,16H,7H2,1-2H3,(H,17,18). The van der Waals surface area contributed by atoms with Crippen LogP contribution in [-0.4, -0.2) is 31.8 Å². The number of hydrogen-bond acceptors (Lipinski definition) is 4. The number of sulfone groups is 1. The van der Waals surface area contributed by atoms with Gasteiger partial charge in [0.1, 0.15) is 0 Å². The van der Waals surface area contributed by atoms with E-state index in [0.29, 0.717) is 5.69 Å². The Morgan fingerprint density at radius 2 is 1.76 bits per heavy atom. The highest BCUT2D eigenvalue weighted by Crippen LogP contribution is 2.21. The summed E-state index contributed by atoms with van der Waals surface area (Å²) in [5.41, 5.74) is 0.468. The summed E-state index contributed by atoms with van der Waals surface area (Å²) >= 11 is 0. The molecular formula is C13H17F2NO4S. The maximum absolute atomic E-state index is 12.4. The predicted molar refractivity (Wildman–Crippen MR) is 74.1 cm³/mol. The molecule has 1 rings (SSSR count). The molecule has 0 fully saturated rings. The second kappa shape index (κ2) is 6.84. The van der Waals surface area contributed by atoms with Crippen LogP contribution < -0.4 is 5.32 Å². The average molecular weight is 321 g/mol. The Hall–Kier alpha value is -1.70. The van der Waals surface area contributed by atoms with Crippen LogP contribution in [0, 0.1) is 11.8 Å². The van der Waals surface area contributed by atoms with Gasteiger partial charge in [0.15, 0.2) is 0 Å². The fourth-order valence-corrected chi connectivity index (χ4v) is 2.42. The molecule has 0 bridgehead atoms. The smallest absolute Gasteiger partial charge is 0.341 e. The minimum absolute atomic E-state index is 0.0755. The number of carboxylic acids is 1. The van der Waals surface area contributed by atoms with Crippen molar-refractivity contribution in [1.29, 1.82) is 0 Å². The molecule has 1 aromatic carbocycles. The van der Waals surface area contributed by atoms with E-state index in [2.05, 4.69) is 5.32 Å². The summed E-state index contributed by atoms with van der Waals surface area (Å²) in [7, 11) is -4.61. The van der Waals surface area contributed by atoms with Crippen molar-refractivity contribution in [3.05, 3.63) is 24.3 Å². The molecule has 1 aromatic rings. The number of rotatable bonds is 7. The van der Waals surface area contributed by atoms with Gasteiger partial charge in [-0.3, -0.25) is 4.79 Å². The number of carbonyl (C=O) groups is 1. The van der Waals surface area contributed by atoms with Gasteiger partial charge < -0.3 is 10.4 Å². The lowest BCUT2D eigenvalue weighted by molar-refractivity contribution is -0.142. The summed E-state index contributed by atoms with van der Waals surface area (Å²) in [6, 6.07) is 4.78. The quantitative estimate of drug-likeness (QED) is 0.806. The minimum Gasteiger partial charge on any atom is -0.481 e. The van der Waals surface area contributed by atoms with Crippen molar-refractivity contribution in [2.45, 2.75) is 24.5 Å². The lowest BCUT2D eigenvalue weighted by Crippen LogP contribution is -2.27. The molecule has 8 heteroatoms. The SMILES string of the molecule is CC(C)C(CNc1ccc(S(=O)(=O)C(F)F)cc1)C(=O)O. The molecule has 0 aliphatic heterocycles. The molecule has 0 amide bonds. The van der Waals surface area contributed by atoms with Crippen LogP contribution in [0.5, 0.6) is 0 Å². The number of benzene rings is 1. The third-order valence-corrected chi connectivity index (χ3v) is 4.46. The van der Waals surface area contributed by atoms with E-state index in [1.165, 1.54) is 12.1 Å². The number of aliphatic carboxylic acids is 1. The molecule has 0 saturated carbocycles. The summed E-state index contributed by atoms with van der Waals surface area (Å²) in [5.74, 6) is -5.08. The first-order valence-electron chi connectivity index (χ1n) is 6.25. The molecule has 5 nitrogen and oxygen atoms in total. The third-order valence-electron chi connectivity index (χ3n) is 3.07.